The highest BCUT2D eigenvalue weighted by Crippen LogP contribution is 2.19. The number of amides is 1. The van der Waals surface area contributed by atoms with Crippen LogP contribution in [0.3, 0.4) is 0 Å². The summed E-state index contributed by atoms with van der Waals surface area (Å²) in [5, 5.41) is 8.47. The molecule has 4 aromatic carbocycles. The minimum Gasteiger partial charge on any atom is -0.322 e. The fourth-order valence-corrected chi connectivity index (χ4v) is 4.34. The van der Waals surface area contributed by atoms with E-state index in [1.54, 1.807) is 60.7 Å². The molecule has 0 aliphatic rings. The number of sulfonamides is 1. The molecule has 0 saturated heterocycles. The van der Waals surface area contributed by atoms with Crippen LogP contribution in [0, 0.1) is 0 Å². The lowest BCUT2D eigenvalue weighted by atomic mass is 10.1. The number of anilines is 1. The molecule has 0 fully saturated rings. The van der Waals surface area contributed by atoms with Gasteiger partial charge in [0, 0.05) is 10.2 Å². The number of hydrogen-bond donors (Lipinski definition) is 2. The molecule has 0 spiro atoms. The van der Waals surface area contributed by atoms with Gasteiger partial charge in [-0.2, -0.15) is 13.5 Å². The lowest BCUT2D eigenvalue weighted by Crippen LogP contribution is -2.18. The van der Waals surface area contributed by atoms with Crippen molar-refractivity contribution < 1.29 is 13.2 Å². The van der Waals surface area contributed by atoms with Gasteiger partial charge in [-0.3, -0.25) is 4.79 Å². The van der Waals surface area contributed by atoms with Gasteiger partial charge in [0.1, 0.15) is 0 Å². The first kappa shape index (κ1) is 21.7. The number of halogens is 1. The van der Waals surface area contributed by atoms with Gasteiger partial charge in [0.05, 0.1) is 16.7 Å². The molecule has 8 heteroatoms. The highest BCUT2D eigenvalue weighted by atomic mass is 79.9. The number of nitrogens with zero attached hydrogens (tertiary/aromatic N) is 1. The molecule has 32 heavy (non-hydrogen) atoms. The lowest BCUT2D eigenvalue weighted by molar-refractivity contribution is 0.102. The smallest absolute Gasteiger partial charge is 0.276 e. The summed E-state index contributed by atoms with van der Waals surface area (Å²) in [5.41, 5.74) is 1.81. The summed E-state index contributed by atoms with van der Waals surface area (Å²) in [6.07, 6.45) is 1.40. The third-order valence-corrected chi connectivity index (χ3v) is 6.62. The molecule has 0 aromatic heterocycles. The van der Waals surface area contributed by atoms with Crippen molar-refractivity contribution in [2.75, 3.05) is 5.32 Å². The Kier molecular flexibility index (Phi) is 6.34. The maximum absolute atomic E-state index is 12.5. The predicted octanol–water partition coefficient (Wildman–Crippen LogP) is 5.17. The van der Waals surface area contributed by atoms with Crippen LogP contribution in [0.2, 0.25) is 0 Å². The van der Waals surface area contributed by atoms with Crippen molar-refractivity contribution in [2.45, 2.75) is 4.90 Å². The number of carbonyl (C=O) groups is 1. The second-order valence-corrected chi connectivity index (χ2v) is 9.43. The number of fused-ring (bicyclic) bond motifs is 1. The van der Waals surface area contributed by atoms with Gasteiger partial charge in [0.15, 0.2) is 0 Å². The maximum atomic E-state index is 12.5. The van der Waals surface area contributed by atoms with Crippen molar-refractivity contribution in [1.82, 2.24) is 4.83 Å². The van der Waals surface area contributed by atoms with Gasteiger partial charge in [-0.05, 0) is 68.7 Å². The van der Waals surface area contributed by atoms with Crippen molar-refractivity contribution in [2.24, 2.45) is 5.10 Å². The number of benzene rings is 4. The quantitative estimate of drug-likeness (QED) is 0.278. The van der Waals surface area contributed by atoms with E-state index in [0.29, 0.717) is 21.3 Å². The second kappa shape index (κ2) is 9.33. The summed E-state index contributed by atoms with van der Waals surface area (Å²) in [6.45, 7) is 0. The van der Waals surface area contributed by atoms with Gasteiger partial charge in [0.25, 0.3) is 15.9 Å². The van der Waals surface area contributed by atoms with Gasteiger partial charge in [-0.15, -0.1) is 0 Å². The highest BCUT2D eigenvalue weighted by molar-refractivity contribution is 9.10. The van der Waals surface area contributed by atoms with E-state index < -0.39 is 10.0 Å². The molecule has 0 heterocycles. The first-order valence-electron chi connectivity index (χ1n) is 9.62. The largest absolute Gasteiger partial charge is 0.322 e. The molecule has 0 unspecified atom stereocenters. The van der Waals surface area contributed by atoms with Crippen LogP contribution in [-0.2, 0) is 10.0 Å². The Morgan fingerprint density at radius 3 is 2.28 bits per heavy atom. The normalized spacial score (nSPS) is 11.5. The summed E-state index contributed by atoms with van der Waals surface area (Å²) in [4.78, 5) is 14.7. The molecule has 0 radical (unpaired) electrons. The third-order valence-electron chi connectivity index (χ3n) is 4.70. The summed E-state index contributed by atoms with van der Waals surface area (Å²) >= 11 is 3.36. The summed E-state index contributed by atoms with van der Waals surface area (Å²) < 4.78 is 25.8. The lowest BCUT2D eigenvalue weighted by Gasteiger charge is -2.07. The summed E-state index contributed by atoms with van der Waals surface area (Å²) in [6, 6.07) is 26.5. The number of hydrogen-bond acceptors (Lipinski definition) is 4. The zero-order valence-electron chi connectivity index (χ0n) is 16.7. The molecule has 0 aliphatic carbocycles. The number of carbonyl (C=O) groups excluding carboxylic acids is 1. The van der Waals surface area contributed by atoms with E-state index in [1.165, 1.54) is 6.21 Å². The third kappa shape index (κ3) is 5.04. The van der Waals surface area contributed by atoms with Crippen LogP contribution in [0.5, 0.6) is 0 Å². The summed E-state index contributed by atoms with van der Waals surface area (Å²) in [5.74, 6) is -0.234. The van der Waals surface area contributed by atoms with Gasteiger partial charge < -0.3 is 5.32 Å². The average Bonchev–Trinajstić information content (AvgIpc) is 2.80. The van der Waals surface area contributed by atoms with E-state index in [1.807, 2.05) is 30.3 Å². The molecule has 4 rings (SSSR count). The van der Waals surface area contributed by atoms with Crippen molar-refractivity contribution in [1.29, 1.82) is 0 Å². The van der Waals surface area contributed by atoms with E-state index in [0.717, 1.165) is 10.8 Å². The molecule has 2 N–H and O–H groups in total. The van der Waals surface area contributed by atoms with Gasteiger partial charge in [-0.25, -0.2) is 4.83 Å². The molecule has 160 valence electrons. The Labute approximate surface area is 194 Å². The predicted molar refractivity (Wildman–Crippen MR) is 130 cm³/mol. The topological polar surface area (TPSA) is 87.6 Å². The molecule has 0 atom stereocenters. The first-order valence-corrected chi connectivity index (χ1v) is 11.9. The molecule has 6 nitrogen and oxygen atoms in total. The fourth-order valence-electron chi connectivity index (χ4n) is 3.05. The van der Waals surface area contributed by atoms with Crippen LogP contribution >= 0.6 is 15.9 Å². The van der Waals surface area contributed by atoms with Gasteiger partial charge in [0.2, 0.25) is 0 Å². The van der Waals surface area contributed by atoms with Gasteiger partial charge >= 0.3 is 0 Å². The van der Waals surface area contributed by atoms with Gasteiger partial charge in [-0.1, -0.05) is 54.6 Å². The number of nitrogens with one attached hydrogen (secondary N) is 2. The SMILES string of the molecule is O=C(Nc1ccc(/C=N\NS(=O)(=O)c2ccc3ccccc3c2)cc1)c1ccccc1Br. The minimum absolute atomic E-state index is 0.137. The van der Waals surface area contributed by atoms with Crippen LogP contribution in [0.1, 0.15) is 15.9 Å². The standard InChI is InChI=1S/C24H18BrN3O3S/c25-23-8-4-3-7-22(23)24(29)27-20-12-9-17(10-13-20)16-26-28-32(30,31)21-14-11-18-5-1-2-6-19(18)15-21/h1-16,28H,(H,27,29)/b26-16-. The molecule has 0 bridgehead atoms. The van der Waals surface area contributed by atoms with E-state index >= 15 is 0 Å². The minimum atomic E-state index is -3.79. The van der Waals surface area contributed by atoms with Crippen molar-refractivity contribution in [3.63, 3.8) is 0 Å². The monoisotopic (exact) mass is 507 g/mol. The molecular weight excluding hydrogens is 490 g/mol. The van der Waals surface area contributed by atoms with Crippen LogP contribution in [0.15, 0.2) is 105 Å². The average molecular weight is 508 g/mol. The zero-order chi connectivity index (χ0) is 22.6. The van der Waals surface area contributed by atoms with E-state index in [-0.39, 0.29) is 10.8 Å². The van der Waals surface area contributed by atoms with Crippen LogP contribution < -0.4 is 10.1 Å². The fraction of sp³-hybridized carbons (Fsp3) is 0. The molecule has 4 aromatic rings. The molecule has 0 aliphatic heterocycles. The molecule has 0 saturated carbocycles. The zero-order valence-corrected chi connectivity index (χ0v) is 19.1. The van der Waals surface area contributed by atoms with Crippen LogP contribution in [0.4, 0.5) is 5.69 Å². The Morgan fingerprint density at radius 1 is 0.844 bits per heavy atom. The Hall–Kier alpha value is -3.49. The Bertz CT molecular complexity index is 1420. The molecule has 1 amide bonds. The highest BCUT2D eigenvalue weighted by Gasteiger charge is 2.13. The van der Waals surface area contributed by atoms with Crippen molar-refractivity contribution in [3.8, 4) is 0 Å². The van der Waals surface area contributed by atoms with Crippen molar-refractivity contribution in [3.05, 3.63) is 107 Å². The number of rotatable bonds is 6. The Morgan fingerprint density at radius 2 is 1.53 bits per heavy atom. The van der Waals surface area contributed by atoms with E-state index in [9.17, 15) is 13.2 Å². The number of hydrazone groups is 1. The van der Waals surface area contributed by atoms with Crippen LogP contribution in [-0.4, -0.2) is 20.5 Å². The maximum Gasteiger partial charge on any atom is 0.276 e. The van der Waals surface area contributed by atoms with E-state index in [4.69, 9.17) is 0 Å². The first-order chi connectivity index (χ1) is 15.4. The Balaban J connectivity index is 1.41. The second-order valence-electron chi connectivity index (χ2n) is 6.92. The van der Waals surface area contributed by atoms with E-state index in [2.05, 4.69) is 31.2 Å². The summed E-state index contributed by atoms with van der Waals surface area (Å²) in [7, 11) is -3.79. The molecular formula is C24H18BrN3O3S. The van der Waals surface area contributed by atoms with Crippen molar-refractivity contribution >= 4 is 54.5 Å². The van der Waals surface area contributed by atoms with Crippen LogP contribution in [0.25, 0.3) is 10.8 Å².